The highest BCUT2D eigenvalue weighted by Crippen LogP contribution is 2.16. The molecule has 8 nitrogen and oxygen atoms in total. The summed E-state index contributed by atoms with van der Waals surface area (Å²) in [4.78, 5) is 39.0. The number of carbonyl (C=O) groups excluding carboxylic acids is 3. The smallest absolute Gasteiger partial charge is 0.322 e. The molecule has 8 heteroatoms. The number of nitrogens with one attached hydrogen (secondary N) is 3. The van der Waals surface area contributed by atoms with Crippen molar-refractivity contribution in [1.82, 2.24) is 25.5 Å². The predicted octanol–water partition coefficient (Wildman–Crippen LogP) is 0.703. The van der Waals surface area contributed by atoms with Crippen molar-refractivity contribution in [2.24, 2.45) is 0 Å². The van der Waals surface area contributed by atoms with Gasteiger partial charge in [-0.2, -0.15) is 0 Å². The zero-order valence-corrected chi connectivity index (χ0v) is 14.0. The topological polar surface area (TPSA) is 105 Å². The highest BCUT2D eigenvalue weighted by molar-refractivity contribution is 6.04. The third-order valence-corrected chi connectivity index (χ3v) is 4.24. The summed E-state index contributed by atoms with van der Waals surface area (Å²) >= 11 is 0. The first kappa shape index (κ1) is 16.9. The Balaban J connectivity index is 1.49. The van der Waals surface area contributed by atoms with Crippen molar-refractivity contribution < 1.29 is 14.4 Å². The van der Waals surface area contributed by atoms with Crippen LogP contribution < -0.4 is 16.0 Å². The van der Waals surface area contributed by atoms with Gasteiger partial charge in [0.15, 0.2) is 0 Å². The van der Waals surface area contributed by atoms with Gasteiger partial charge in [0.05, 0.1) is 11.0 Å². The molecule has 1 fully saturated rings. The van der Waals surface area contributed by atoms with Crippen LogP contribution in [0.5, 0.6) is 0 Å². The van der Waals surface area contributed by atoms with Gasteiger partial charge in [-0.15, -0.1) is 0 Å². The van der Waals surface area contributed by atoms with E-state index < -0.39 is 12.1 Å². The molecule has 3 rings (SSSR count). The minimum absolute atomic E-state index is 0.145. The van der Waals surface area contributed by atoms with Crippen LogP contribution >= 0.6 is 0 Å². The van der Waals surface area contributed by atoms with Crippen molar-refractivity contribution in [2.45, 2.75) is 38.8 Å². The fourth-order valence-corrected chi connectivity index (χ4v) is 3.01. The van der Waals surface area contributed by atoms with E-state index in [4.69, 9.17) is 0 Å². The molecule has 1 aromatic heterocycles. The molecular weight excluding hydrogens is 322 g/mol. The normalized spacial score (nSPS) is 16.8. The van der Waals surface area contributed by atoms with Crippen molar-refractivity contribution in [3.63, 3.8) is 0 Å². The molecule has 0 radical (unpaired) electrons. The van der Waals surface area contributed by atoms with Gasteiger partial charge < -0.3 is 15.2 Å². The lowest BCUT2D eigenvalue weighted by molar-refractivity contribution is -0.122. The molecule has 1 aliphatic rings. The van der Waals surface area contributed by atoms with Crippen molar-refractivity contribution in [3.05, 3.63) is 30.1 Å². The second kappa shape index (κ2) is 7.33. The Morgan fingerprint density at radius 3 is 2.84 bits per heavy atom. The Morgan fingerprint density at radius 2 is 2.12 bits per heavy atom. The number of benzene rings is 1. The highest BCUT2D eigenvalue weighted by atomic mass is 16.2. The number of carbonyl (C=O) groups is 3. The number of imide groups is 1. The largest absolute Gasteiger partial charge is 0.356 e. The fraction of sp³-hybridized carbons (Fsp3) is 0.412. The van der Waals surface area contributed by atoms with Crippen LogP contribution in [0.15, 0.2) is 24.3 Å². The number of amides is 4. The van der Waals surface area contributed by atoms with E-state index in [0.717, 1.165) is 23.4 Å². The van der Waals surface area contributed by atoms with E-state index in [0.29, 0.717) is 13.0 Å². The van der Waals surface area contributed by atoms with E-state index in [2.05, 4.69) is 32.4 Å². The summed E-state index contributed by atoms with van der Waals surface area (Å²) < 4.78 is 2.14. The maximum Gasteiger partial charge on any atom is 0.322 e. The Hall–Kier alpha value is -2.90. The first-order chi connectivity index (χ1) is 12.1. The third-order valence-electron chi connectivity index (χ3n) is 4.24. The number of aromatic nitrogens is 2. The quantitative estimate of drug-likeness (QED) is 0.644. The highest BCUT2D eigenvalue weighted by Gasteiger charge is 2.29. The van der Waals surface area contributed by atoms with E-state index >= 15 is 0 Å². The van der Waals surface area contributed by atoms with Crippen LogP contribution in [0.3, 0.4) is 0 Å². The number of hydrogen-bond donors (Lipinski definition) is 3. The molecule has 132 valence electrons. The number of rotatable bonds is 7. The van der Waals surface area contributed by atoms with Crippen LogP contribution in [0.25, 0.3) is 11.0 Å². The molecule has 2 aromatic rings. The van der Waals surface area contributed by atoms with Gasteiger partial charge in [-0.3, -0.25) is 14.9 Å². The van der Waals surface area contributed by atoms with Crippen molar-refractivity contribution >= 4 is 28.9 Å². The average molecular weight is 343 g/mol. The average Bonchev–Trinajstić information content (AvgIpc) is 3.11. The zero-order chi connectivity index (χ0) is 17.8. The van der Waals surface area contributed by atoms with Crippen LogP contribution in [0, 0.1) is 0 Å². The lowest BCUT2D eigenvalue weighted by Gasteiger charge is -2.09. The van der Waals surface area contributed by atoms with Crippen LogP contribution in [0.1, 0.15) is 25.6 Å². The number of aryl methyl sites for hydroxylation is 1. The van der Waals surface area contributed by atoms with Gasteiger partial charge in [0.1, 0.15) is 11.9 Å². The molecule has 1 aliphatic heterocycles. The first-order valence-corrected chi connectivity index (χ1v) is 8.40. The minimum atomic E-state index is -0.623. The summed E-state index contributed by atoms with van der Waals surface area (Å²) in [5.74, 6) is 0.411. The Bertz CT molecular complexity index is 814. The molecule has 2 heterocycles. The van der Waals surface area contributed by atoms with E-state index in [1.54, 1.807) is 0 Å². The SMILES string of the molecule is CCn1c(CCNC(=O)CC[C@@H]2NC(=O)NC2=O)nc2ccccc21. The number of para-hydroxylation sites is 2. The summed E-state index contributed by atoms with van der Waals surface area (Å²) in [6.45, 7) is 3.36. The van der Waals surface area contributed by atoms with E-state index in [1.807, 2.05) is 24.3 Å². The predicted molar refractivity (Wildman–Crippen MR) is 91.8 cm³/mol. The van der Waals surface area contributed by atoms with Gasteiger partial charge in [0, 0.05) is 25.9 Å². The summed E-state index contributed by atoms with van der Waals surface area (Å²) in [5, 5.41) is 7.47. The van der Waals surface area contributed by atoms with Gasteiger partial charge in [-0.25, -0.2) is 9.78 Å². The van der Waals surface area contributed by atoms with Gasteiger partial charge >= 0.3 is 6.03 Å². The second-order valence-electron chi connectivity index (χ2n) is 5.91. The second-order valence-corrected chi connectivity index (χ2v) is 5.91. The lowest BCUT2D eigenvalue weighted by atomic mass is 10.1. The van der Waals surface area contributed by atoms with E-state index in [-0.39, 0.29) is 24.7 Å². The third kappa shape index (κ3) is 3.78. The lowest BCUT2D eigenvalue weighted by Crippen LogP contribution is -2.32. The first-order valence-electron chi connectivity index (χ1n) is 8.40. The summed E-state index contributed by atoms with van der Waals surface area (Å²) in [6.07, 6.45) is 1.11. The van der Waals surface area contributed by atoms with Crippen LogP contribution in [0.4, 0.5) is 4.79 Å². The van der Waals surface area contributed by atoms with Crippen LogP contribution in [0.2, 0.25) is 0 Å². The van der Waals surface area contributed by atoms with Gasteiger partial charge in [-0.1, -0.05) is 12.1 Å². The monoisotopic (exact) mass is 343 g/mol. The molecule has 0 saturated carbocycles. The van der Waals surface area contributed by atoms with Gasteiger partial charge in [-0.05, 0) is 25.5 Å². The molecule has 1 atom stereocenters. The molecule has 0 unspecified atom stereocenters. The summed E-state index contributed by atoms with van der Waals surface area (Å²) in [6, 6.07) is 6.83. The maximum absolute atomic E-state index is 11.9. The molecule has 0 aliphatic carbocycles. The minimum Gasteiger partial charge on any atom is -0.356 e. The molecule has 1 saturated heterocycles. The number of nitrogens with zero attached hydrogens (tertiary/aromatic N) is 2. The van der Waals surface area contributed by atoms with Crippen molar-refractivity contribution in [1.29, 1.82) is 0 Å². The molecule has 3 N–H and O–H groups in total. The Morgan fingerprint density at radius 1 is 1.32 bits per heavy atom. The van der Waals surface area contributed by atoms with E-state index in [9.17, 15) is 14.4 Å². The molecule has 25 heavy (non-hydrogen) atoms. The number of urea groups is 1. The molecular formula is C17H21N5O3. The Labute approximate surface area is 145 Å². The molecule has 0 spiro atoms. The fourth-order valence-electron chi connectivity index (χ4n) is 3.01. The molecule has 0 bridgehead atoms. The molecule has 4 amide bonds. The van der Waals surface area contributed by atoms with Gasteiger partial charge in [0.25, 0.3) is 5.91 Å². The van der Waals surface area contributed by atoms with Crippen LogP contribution in [-0.2, 0) is 22.6 Å². The van der Waals surface area contributed by atoms with E-state index in [1.165, 1.54) is 0 Å². The van der Waals surface area contributed by atoms with Crippen LogP contribution in [-0.4, -0.2) is 40.0 Å². The van der Waals surface area contributed by atoms with Crippen molar-refractivity contribution in [3.8, 4) is 0 Å². The Kier molecular flexibility index (Phi) is 4.97. The number of fused-ring (bicyclic) bond motifs is 1. The standard InChI is InChI=1S/C17H21N5O3/c1-2-22-13-6-4-3-5-11(13)19-14(22)9-10-18-15(23)8-7-12-16(24)21-17(25)20-12/h3-6,12H,2,7-10H2,1H3,(H,18,23)(H2,20,21,24,25)/t12-/m0/s1. The maximum atomic E-state index is 11.9. The molecule has 1 aromatic carbocycles. The van der Waals surface area contributed by atoms with Crippen molar-refractivity contribution in [2.75, 3.05) is 6.54 Å². The zero-order valence-electron chi connectivity index (χ0n) is 14.0. The number of imidazole rings is 1. The number of hydrogen-bond acceptors (Lipinski definition) is 4. The summed E-state index contributed by atoms with van der Waals surface area (Å²) in [7, 11) is 0. The summed E-state index contributed by atoms with van der Waals surface area (Å²) in [5.41, 5.74) is 2.04. The van der Waals surface area contributed by atoms with Gasteiger partial charge in [0.2, 0.25) is 5.91 Å².